The molecule has 3 aliphatic rings. The number of hydrogen-bond donors (Lipinski definition) is 1. The van der Waals surface area contributed by atoms with Gasteiger partial charge in [0, 0.05) is 37.8 Å². The SMILES string of the molecule is CN1C(=O)c2ccc(C(=O)NC3CCN(C4CC4)CC3)cc2C1=O. The molecule has 2 fully saturated rings. The van der Waals surface area contributed by atoms with Crippen LogP contribution in [0.1, 0.15) is 56.8 Å². The quantitative estimate of drug-likeness (QED) is 0.849. The number of carbonyl (C=O) groups is 3. The van der Waals surface area contributed by atoms with Crippen LogP contribution < -0.4 is 5.32 Å². The number of benzene rings is 1. The zero-order valence-electron chi connectivity index (χ0n) is 13.7. The predicted octanol–water partition coefficient (Wildman–Crippen LogP) is 1.27. The van der Waals surface area contributed by atoms with Gasteiger partial charge in [0.25, 0.3) is 17.7 Å². The van der Waals surface area contributed by atoms with Crippen molar-refractivity contribution in [3.05, 3.63) is 34.9 Å². The normalized spacial score (nSPS) is 22.0. The highest BCUT2D eigenvalue weighted by molar-refractivity contribution is 6.21. The van der Waals surface area contributed by atoms with E-state index in [-0.39, 0.29) is 23.8 Å². The number of piperidine rings is 1. The monoisotopic (exact) mass is 327 g/mol. The molecule has 0 unspecified atom stereocenters. The van der Waals surface area contributed by atoms with Crippen LogP contribution in [0.2, 0.25) is 0 Å². The summed E-state index contributed by atoms with van der Waals surface area (Å²) in [7, 11) is 1.46. The van der Waals surface area contributed by atoms with E-state index in [0.29, 0.717) is 16.7 Å². The van der Waals surface area contributed by atoms with Crippen molar-refractivity contribution >= 4 is 17.7 Å². The first-order chi connectivity index (χ1) is 11.5. The smallest absolute Gasteiger partial charge is 0.261 e. The van der Waals surface area contributed by atoms with Crippen LogP contribution in [0.15, 0.2) is 18.2 Å². The molecule has 2 heterocycles. The summed E-state index contributed by atoms with van der Waals surface area (Å²) in [6, 6.07) is 5.69. The minimum atomic E-state index is -0.345. The maximum absolute atomic E-state index is 12.5. The zero-order valence-corrected chi connectivity index (χ0v) is 13.7. The lowest BCUT2D eigenvalue weighted by Crippen LogP contribution is -2.45. The van der Waals surface area contributed by atoms with Gasteiger partial charge in [0.1, 0.15) is 0 Å². The number of nitrogens with zero attached hydrogens (tertiary/aromatic N) is 2. The third-order valence-corrected chi connectivity index (χ3v) is 5.28. The Balaban J connectivity index is 1.42. The summed E-state index contributed by atoms with van der Waals surface area (Å²) in [5.74, 6) is -0.825. The topological polar surface area (TPSA) is 69.7 Å². The van der Waals surface area contributed by atoms with Gasteiger partial charge in [-0.05, 0) is 43.9 Å². The molecular formula is C18H21N3O3. The third-order valence-electron chi connectivity index (χ3n) is 5.28. The van der Waals surface area contributed by atoms with Gasteiger partial charge in [-0.15, -0.1) is 0 Å². The lowest BCUT2D eigenvalue weighted by atomic mass is 10.0. The second kappa shape index (κ2) is 5.70. The van der Waals surface area contributed by atoms with Crippen LogP contribution in [-0.4, -0.2) is 59.7 Å². The number of amides is 3. The fourth-order valence-electron chi connectivity index (χ4n) is 3.62. The Hall–Kier alpha value is -2.21. The third kappa shape index (κ3) is 2.60. The molecule has 24 heavy (non-hydrogen) atoms. The average molecular weight is 327 g/mol. The van der Waals surface area contributed by atoms with E-state index in [4.69, 9.17) is 0 Å². The molecule has 1 saturated carbocycles. The van der Waals surface area contributed by atoms with Crippen molar-refractivity contribution in [3.63, 3.8) is 0 Å². The predicted molar refractivity (Wildman–Crippen MR) is 87.9 cm³/mol. The highest BCUT2D eigenvalue weighted by atomic mass is 16.2. The Morgan fingerprint density at radius 1 is 1.04 bits per heavy atom. The van der Waals surface area contributed by atoms with E-state index in [0.717, 1.165) is 36.9 Å². The number of carbonyl (C=O) groups excluding carboxylic acids is 3. The molecule has 1 saturated heterocycles. The van der Waals surface area contributed by atoms with E-state index in [1.165, 1.54) is 26.0 Å². The minimum Gasteiger partial charge on any atom is -0.349 e. The Labute approximate surface area is 140 Å². The van der Waals surface area contributed by atoms with Gasteiger partial charge in [-0.3, -0.25) is 19.3 Å². The van der Waals surface area contributed by atoms with Gasteiger partial charge in [-0.25, -0.2) is 0 Å². The fourth-order valence-corrected chi connectivity index (χ4v) is 3.62. The van der Waals surface area contributed by atoms with Crippen molar-refractivity contribution in [1.29, 1.82) is 0 Å². The summed E-state index contributed by atoms with van der Waals surface area (Å²) in [6.45, 7) is 2.08. The molecule has 0 radical (unpaired) electrons. The number of fused-ring (bicyclic) bond motifs is 1. The Kier molecular flexibility index (Phi) is 3.64. The summed E-state index contributed by atoms with van der Waals surface area (Å²) in [6.07, 6.45) is 4.56. The Morgan fingerprint density at radius 3 is 2.38 bits per heavy atom. The summed E-state index contributed by atoms with van der Waals surface area (Å²) in [4.78, 5) is 40.0. The largest absolute Gasteiger partial charge is 0.349 e. The highest BCUT2D eigenvalue weighted by Crippen LogP contribution is 2.29. The van der Waals surface area contributed by atoms with Gasteiger partial charge in [-0.1, -0.05) is 0 Å². The lowest BCUT2D eigenvalue weighted by molar-refractivity contribution is 0.0693. The van der Waals surface area contributed by atoms with E-state index in [1.54, 1.807) is 12.1 Å². The molecule has 1 aromatic carbocycles. The molecule has 3 amide bonds. The minimum absolute atomic E-state index is 0.169. The molecule has 0 spiro atoms. The number of imide groups is 1. The summed E-state index contributed by atoms with van der Waals surface area (Å²) in [5, 5.41) is 3.07. The summed E-state index contributed by atoms with van der Waals surface area (Å²) in [5.41, 5.74) is 1.13. The van der Waals surface area contributed by atoms with Crippen molar-refractivity contribution in [3.8, 4) is 0 Å². The number of hydrogen-bond acceptors (Lipinski definition) is 4. The van der Waals surface area contributed by atoms with Gasteiger partial charge >= 0.3 is 0 Å². The van der Waals surface area contributed by atoms with Crippen molar-refractivity contribution in [2.24, 2.45) is 0 Å². The second-order valence-electron chi connectivity index (χ2n) is 6.94. The van der Waals surface area contributed by atoms with E-state index >= 15 is 0 Å². The van der Waals surface area contributed by atoms with Crippen LogP contribution in [0, 0.1) is 0 Å². The molecule has 6 heteroatoms. The molecular weight excluding hydrogens is 306 g/mol. The molecule has 2 aliphatic heterocycles. The maximum Gasteiger partial charge on any atom is 0.261 e. The fraction of sp³-hybridized carbons (Fsp3) is 0.500. The lowest BCUT2D eigenvalue weighted by Gasteiger charge is -2.32. The molecule has 0 bridgehead atoms. The molecule has 4 rings (SSSR count). The second-order valence-corrected chi connectivity index (χ2v) is 6.94. The summed E-state index contributed by atoms with van der Waals surface area (Å²) >= 11 is 0. The van der Waals surface area contributed by atoms with Gasteiger partial charge in [-0.2, -0.15) is 0 Å². The van der Waals surface area contributed by atoms with Gasteiger partial charge in [0.15, 0.2) is 0 Å². The van der Waals surface area contributed by atoms with Crippen LogP contribution in [0.4, 0.5) is 0 Å². The number of rotatable bonds is 3. The van der Waals surface area contributed by atoms with E-state index in [2.05, 4.69) is 10.2 Å². The maximum atomic E-state index is 12.5. The van der Waals surface area contributed by atoms with Crippen molar-refractivity contribution in [1.82, 2.24) is 15.1 Å². The van der Waals surface area contributed by atoms with E-state index in [1.807, 2.05) is 0 Å². The number of likely N-dealkylation sites (tertiary alicyclic amines) is 1. The van der Waals surface area contributed by atoms with Gasteiger partial charge < -0.3 is 10.2 Å². The molecule has 1 N–H and O–H groups in total. The van der Waals surface area contributed by atoms with Crippen LogP contribution in [0.25, 0.3) is 0 Å². The first-order valence-electron chi connectivity index (χ1n) is 8.56. The molecule has 1 aromatic rings. The average Bonchev–Trinajstić information content (AvgIpc) is 3.42. The standard InChI is InChI=1S/C18H21N3O3/c1-20-17(23)14-5-2-11(10-15(14)18(20)24)16(22)19-12-6-8-21(9-7-12)13-3-4-13/h2,5,10,12-13H,3-4,6-9H2,1H3,(H,19,22). The first kappa shape index (κ1) is 15.3. The Morgan fingerprint density at radius 2 is 1.71 bits per heavy atom. The van der Waals surface area contributed by atoms with Crippen LogP contribution in [0.3, 0.4) is 0 Å². The number of nitrogens with one attached hydrogen (secondary N) is 1. The van der Waals surface area contributed by atoms with E-state index in [9.17, 15) is 14.4 Å². The van der Waals surface area contributed by atoms with Crippen molar-refractivity contribution in [2.45, 2.75) is 37.8 Å². The van der Waals surface area contributed by atoms with E-state index < -0.39 is 0 Å². The van der Waals surface area contributed by atoms with Crippen LogP contribution in [-0.2, 0) is 0 Å². The molecule has 0 aromatic heterocycles. The highest BCUT2D eigenvalue weighted by Gasteiger charge is 2.34. The van der Waals surface area contributed by atoms with Crippen LogP contribution in [0.5, 0.6) is 0 Å². The Bertz CT molecular complexity index is 718. The zero-order chi connectivity index (χ0) is 16.8. The van der Waals surface area contributed by atoms with Crippen molar-refractivity contribution in [2.75, 3.05) is 20.1 Å². The molecule has 6 nitrogen and oxygen atoms in total. The van der Waals surface area contributed by atoms with Crippen molar-refractivity contribution < 1.29 is 14.4 Å². The van der Waals surface area contributed by atoms with Gasteiger partial charge in [0.05, 0.1) is 11.1 Å². The summed E-state index contributed by atoms with van der Waals surface area (Å²) < 4.78 is 0. The van der Waals surface area contributed by atoms with Crippen LogP contribution >= 0.6 is 0 Å². The molecule has 126 valence electrons. The molecule has 1 aliphatic carbocycles. The van der Waals surface area contributed by atoms with Gasteiger partial charge in [0.2, 0.25) is 0 Å². The first-order valence-corrected chi connectivity index (χ1v) is 8.56. The molecule has 0 atom stereocenters.